The van der Waals surface area contributed by atoms with Crippen molar-refractivity contribution < 1.29 is 0 Å². The largest absolute Gasteiger partial charge is 0.352 e. The molecule has 0 saturated carbocycles. The molecule has 2 N–H and O–H groups in total. The van der Waals surface area contributed by atoms with Crippen molar-refractivity contribution in [1.29, 1.82) is 0 Å². The van der Waals surface area contributed by atoms with E-state index in [-0.39, 0.29) is 0 Å². The smallest absolute Gasteiger partial charge is 0.191 e. The summed E-state index contributed by atoms with van der Waals surface area (Å²) >= 11 is 3.53. The van der Waals surface area contributed by atoms with Crippen LogP contribution in [0.5, 0.6) is 0 Å². The second kappa shape index (κ2) is 7.74. The van der Waals surface area contributed by atoms with Crippen LogP contribution in [0, 0.1) is 13.8 Å². The normalized spacial score (nSPS) is 12.0. The molecule has 0 atom stereocenters. The summed E-state index contributed by atoms with van der Waals surface area (Å²) in [6.45, 7) is 10.2. The van der Waals surface area contributed by atoms with Gasteiger partial charge in [0.05, 0.1) is 18.8 Å². The highest BCUT2D eigenvalue weighted by Crippen LogP contribution is 2.23. The molecule has 2 aromatic heterocycles. The number of hydrogen-bond donors (Lipinski definition) is 2. The molecule has 0 radical (unpaired) electrons. The standard InChI is InChI=1S/C16H24N4S2/c1-10(2)15-12(4)22-14(20-15)9-19-16(17-5)18-8-13-11(3)6-7-21-13/h6-7,10H,8-9H2,1-5H3,(H2,17,18,19). The van der Waals surface area contributed by atoms with Crippen molar-refractivity contribution >= 4 is 28.6 Å². The summed E-state index contributed by atoms with van der Waals surface area (Å²) in [6.07, 6.45) is 0. The summed E-state index contributed by atoms with van der Waals surface area (Å²) in [5.74, 6) is 1.29. The van der Waals surface area contributed by atoms with Crippen LogP contribution in [-0.2, 0) is 13.1 Å². The van der Waals surface area contributed by atoms with E-state index in [2.05, 4.69) is 54.8 Å². The van der Waals surface area contributed by atoms with Gasteiger partial charge in [0.15, 0.2) is 5.96 Å². The highest BCUT2D eigenvalue weighted by Gasteiger charge is 2.11. The fourth-order valence-corrected chi connectivity index (χ4v) is 4.08. The molecular weight excluding hydrogens is 312 g/mol. The molecule has 0 aliphatic carbocycles. The van der Waals surface area contributed by atoms with Crippen LogP contribution in [0.25, 0.3) is 0 Å². The maximum atomic E-state index is 4.71. The minimum absolute atomic E-state index is 0.476. The Morgan fingerprint density at radius 2 is 2.00 bits per heavy atom. The van der Waals surface area contributed by atoms with Gasteiger partial charge in [0.25, 0.3) is 0 Å². The highest BCUT2D eigenvalue weighted by molar-refractivity contribution is 7.11. The van der Waals surface area contributed by atoms with Gasteiger partial charge >= 0.3 is 0 Å². The number of hydrogen-bond acceptors (Lipinski definition) is 4. The van der Waals surface area contributed by atoms with Crippen LogP contribution in [-0.4, -0.2) is 18.0 Å². The zero-order chi connectivity index (χ0) is 16.1. The van der Waals surface area contributed by atoms with Gasteiger partial charge in [-0.15, -0.1) is 22.7 Å². The summed E-state index contributed by atoms with van der Waals surface area (Å²) in [5, 5.41) is 9.92. The van der Waals surface area contributed by atoms with E-state index in [1.54, 1.807) is 29.7 Å². The number of thiazole rings is 1. The van der Waals surface area contributed by atoms with Crippen molar-refractivity contribution in [3.63, 3.8) is 0 Å². The molecule has 0 amide bonds. The number of nitrogens with one attached hydrogen (secondary N) is 2. The van der Waals surface area contributed by atoms with Gasteiger partial charge in [0.2, 0.25) is 0 Å². The lowest BCUT2D eigenvalue weighted by Gasteiger charge is -2.10. The van der Waals surface area contributed by atoms with Crippen molar-refractivity contribution in [3.8, 4) is 0 Å². The number of nitrogens with zero attached hydrogens (tertiary/aromatic N) is 2. The molecule has 2 heterocycles. The van der Waals surface area contributed by atoms with Gasteiger partial charge in [-0.05, 0) is 36.8 Å². The molecule has 120 valence electrons. The van der Waals surface area contributed by atoms with Crippen LogP contribution >= 0.6 is 22.7 Å². The number of rotatable bonds is 5. The van der Waals surface area contributed by atoms with Gasteiger partial charge in [-0.3, -0.25) is 4.99 Å². The van der Waals surface area contributed by atoms with E-state index >= 15 is 0 Å². The quantitative estimate of drug-likeness (QED) is 0.645. The Morgan fingerprint density at radius 3 is 2.55 bits per heavy atom. The third-order valence-electron chi connectivity index (χ3n) is 3.44. The van der Waals surface area contributed by atoms with Crippen LogP contribution in [0.4, 0.5) is 0 Å². The first-order valence-corrected chi connectivity index (χ1v) is 9.14. The van der Waals surface area contributed by atoms with E-state index in [0.717, 1.165) is 17.5 Å². The average molecular weight is 337 g/mol. The van der Waals surface area contributed by atoms with Crippen LogP contribution in [0.2, 0.25) is 0 Å². The van der Waals surface area contributed by atoms with Gasteiger partial charge < -0.3 is 10.6 Å². The Balaban J connectivity index is 1.89. The number of aliphatic imine (C=N–C) groups is 1. The number of aryl methyl sites for hydroxylation is 2. The van der Waals surface area contributed by atoms with E-state index in [4.69, 9.17) is 4.98 Å². The molecule has 0 spiro atoms. The molecule has 0 bridgehead atoms. The first-order chi connectivity index (χ1) is 10.5. The van der Waals surface area contributed by atoms with Crippen molar-refractivity contribution in [2.75, 3.05) is 7.05 Å². The lowest BCUT2D eigenvalue weighted by Crippen LogP contribution is -2.36. The van der Waals surface area contributed by atoms with Crippen molar-refractivity contribution in [1.82, 2.24) is 15.6 Å². The fraction of sp³-hybridized carbons (Fsp3) is 0.500. The fourth-order valence-electron chi connectivity index (χ4n) is 2.21. The maximum absolute atomic E-state index is 4.71. The Kier molecular flexibility index (Phi) is 5.97. The Bertz CT molecular complexity index is 640. The van der Waals surface area contributed by atoms with E-state index in [1.165, 1.54) is 21.0 Å². The molecule has 2 aromatic rings. The monoisotopic (exact) mass is 336 g/mol. The minimum atomic E-state index is 0.476. The topological polar surface area (TPSA) is 49.3 Å². The summed E-state index contributed by atoms with van der Waals surface area (Å²) in [6, 6.07) is 2.14. The molecule has 0 aliphatic rings. The molecule has 22 heavy (non-hydrogen) atoms. The lowest BCUT2D eigenvalue weighted by atomic mass is 10.1. The maximum Gasteiger partial charge on any atom is 0.191 e. The molecule has 6 heteroatoms. The van der Waals surface area contributed by atoms with E-state index < -0.39 is 0 Å². The third-order valence-corrected chi connectivity index (χ3v) is 5.45. The summed E-state index contributed by atoms with van der Waals surface area (Å²) in [4.78, 5) is 11.6. The average Bonchev–Trinajstić information content (AvgIpc) is 3.05. The van der Waals surface area contributed by atoms with Crippen molar-refractivity contribution in [2.45, 2.75) is 46.7 Å². The predicted octanol–water partition coefficient (Wildman–Crippen LogP) is 3.81. The second-order valence-corrected chi connectivity index (χ2v) is 7.80. The number of aromatic nitrogens is 1. The van der Waals surface area contributed by atoms with Crippen molar-refractivity contribution in [2.24, 2.45) is 4.99 Å². The van der Waals surface area contributed by atoms with E-state index in [0.29, 0.717) is 12.5 Å². The Morgan fingerprint density at radius 1 is 1.27 bits per heavy atom. The number of guanidine groups is 1. The van der Waals surface area contributed by atoms with Gasteiger partial charge in [0.1, 0.15) is 5.01 Å². The van der Waals surface area contributed by atoms with Crippen LogP contribution in [0.3, 0.4) is 0 Å². The highest BCUT2D eigenvalue weighted by atomic mass is 32.1. The zero-order valence-corrected chi connectivity index (χ0v) is 15.5. The summed E-state index contributed by atoms with van der Waals surface area (Å²) in [5.41, 5.74) is 2.53. The van der Waals surface area contributed by atoms with Gasteiger partial charge in [-0.1, -0.05) is 13.8 Å². The third kappa shape index (κ3) is 4.30. The molecule has 0 aromatic carbocycles. The Hall–Kier alpha value is -1.40. The summed E-state index contributed by atoms with van der Waals surface area (Å²) < 4.78 is 0. The second-order valence-electron chi connectivity index (χ2n) is 5.51. The Labute approximate surface area is 140 Å². The van der Waals surface area contributed by atoms with Crippen LogP contribution < -0.4 is 10.6 Å². The summed E-state index contributed by atoms with van der Waals surface area (Å²) in [7, 11) is 1.79. The van der Waals surface area contributed by atoms with E-state index in [1.807, 2.05) is 0 Å². The van der Waals surface area contributed by atoms with Crippen LogP contribution in [0.1, 0.15) is 45.8 Å². The first kappa shape index (κ1) is 17.0. The molecule has 0 fully saturated rings. The molecule has 0 aliphatic heterocycles. The van der Waals surface area contributed by atoms with E-state index in [9.17, 15) is 0 Å². The molecule has 4 nitrogen and oxygen atoms in total. The minimum Gasteiger partial charge on any atom is -0.352 e. The molecule has 0 unspecified atom stereocenters. The zero-order valence-electron chi connectivity index (χ0n) is 13.9. The van der Waals surface area contributed by atoms with Gasteiger partial charge in [-0.2, -0.15) is 0 Å². The lowest BCUT2D eigenvalue weighted by molar-refractivity contribution is 0.784. The SMILES string of the molecule is CN=C(NCc1nc(C(C)C)c(C)s1)NCc1sccc1C. The van der Waals surface area contributed by atoms with Gasteiger partial charge in [-0.25, -0.2) is 4.98 Å². The first-order valence-electron chi connectivity index (χ1n) is 7.45. The van der Waals surface area contributed by atoms with Crippen LogP contribution in [0.15, 0.2) is 16.4 Å². The molecule has 2 rings (SSSR count). The molecule has 0 saturated heterocycles. The van der Waals surface area contributed by atoms with Crippen molar-refractivity contribution in [3.05, 3.63) is 37.5 Å². The predicted molar refractivity (Wildman–Crippen MR) is 97.0 cm³/mol. The number of thiophene rings is 1. The molecular formula is C16H24N4S2. The van der Waals surface area contributed by atoms with Gasteiger partial charge in [0, 0.05) is 16.8 Å².